The van der Waals surface area contributed by atoms with Crippen LogP contribution < -0.4 is 14.4 Å². The summed E-state index contributed by atoms with van der Waals surface area (Å²) in [5.74, 6) is 0.0720. The largest absolute Gasteiger partial charge is 0.493 e. The molecule has 3 aromatic carbocycles. The van der Waals surface area contributed by atoms with Crippen molar-refractivity contribution in [3.8, 4) is 11.5 Å². The van der Waals surface area contributed by atoms with E-state index in [1.165, 1.54) is 24.0 Å². The molecule has 0 spiro atoms. The Morgan fingerprint density at radius 1 is 1.05 bits per heavy atom. The van der Waals surface area contributed by atoms with Crippen molar-refractivity contribution in [1.82, 2.24) is 4.90 Å². The number of nitrogens with zero attached hydrogens (tertiary/aromatic N) is 2. The van der Waals surface area contributed by atoms with Crippen LogP contribution in [0.1, 0.15) is 11.1 Å². The topological polar surface area (TPSA) is 68.3 Å². The summed E-state index contributed by atoms with van der Waals surface area (Å²) in [6.45, 7) is 0.129. The summed E-state index contributed by atoms with van der Waals surface area (Å²) in [5.41, 5.74) is 2.37. The molecule has 0 unspecified atom stereocenters. The molecule has 1 aliphatic rings. The van der Waals surface area contributed by atoms with Gasteiger partial charge in [0.15, 0.2) is 16.6 Å². The second kappa shape index (κ2) is 11.8. The second-order valence-corrected chi connectivity index (χ2v) is 9.55. The number of ether oxygens (including phenoxy) is 3. The van der Waals surface area contributed by atoms with Crippen LogP contribution in [0.2, 0.25) is 5.02 Å². The molecule has 1 aliphatic heterocycles. The molecule has 1 heterocycles. The van der Waals surface area contributed by atoms with Crippen LogP contribution >= 0.6 is 39.7 Å². The lowest BCUT2D eigenvalue weighted by Crippen LogP contribution is -2.35. The predicted molar refractivity (Wildman–Crippen MR) is 150 cm³/mol. The summed E-state index contributed by atoms with van der Waals surface area (Å²) >= 11 is 15.2. The lowest BCUT2D eigenvalue weighted by atomic mass is 10.1. The number of thiocarbonyl (C=S) groups is 1. The van der Waals surface area contributed by atoms with Crippen LogP contribution in [-0.4, -0.2) is 42.7 Å². The molecule has 0 bridgehead atoms. The Kier molecular flexibility index (Phi) is 8.48. The number of benzene rings is 3. The van der Waals surface area contributed by atoms with Crippen LogP contribution in [-0.2, 0) is 20.9 Å². The van der Waals surface area contributed by atoms with E-state index in [-0.39, 0.29) is 17.4 Å². The Morgan fingerprint density at radius 3 is 2.41 bits per heavy atom. The number of rotatable bonds is 8. The number of methoxy groups -OCH3 is 2. The molecular formula is C27H22BrClN2O5S. The molecule has 190 valence electrons. The zero-order valence-electron chi connectivity index (χ0n) is 19.9. The number of halogens is 2. The normalized spacial score (nSPS) is 14.3. The molecule has 0 radical (unpaired) electrons. The van der Waals surface area contributed by atoms with E-state index in [0.717, 1.165) is 5.56 Å². The maximum Gasteiger partial charge on any atom is 0.325 e. The smallest absolute Gasteiger partial charge is 0.325 e. The van der Waals surface area contributed by atoms with E-state index in [1.54, 1.807) is 42.5 Å². The van der Waals surface area contributed by atoms with E-state index >= 15 is 0 Å². The number of hydrogen-bond acceptors (Lipinski definition) is 6. The van der Waals surface area contributed by atoms with Crippen LogP contribution in [0.25, 0.3) is 6.08 Å². The van der Waals surface area contributed by atoms with Gasteiger partial charge in [-0.3, -0.25) is 14.5 Å². The third kappa shape index (κ3) is 5.95. The van der Waals surface area contributed by atoms with Crippen molar-refractivity contribution in [3.05, 3.63) is 93.0 Å². The van der Waals surface area contributed by atoms with Crippen LogP contribution in [0.15, 0.2) is 76.9 Å². The average molecular weight is 602 g/mol. The van der Waals surface area contributed by atoms with E-state index in [1.807, 2.05) is 30.3 Å². The van der Waals surface area contributed by atoms with Crippen molar-refractivity contribution in [2.75, 3.05) is 25.7 Å². The van der Waals surface area contributed by atoms with Crippen molar-refractivity contribution in [2.24, 2.45) is 0 Å². The van der Waals surface area contributed by atoms with Crippen molar-refractivity contribution < 1.29 is 23.8 Å². The molecule has 4 rings (SSSR count). The maximum atomic E-state index is 13.6. The highest BCUT2D eigenvalue weighted by Crippen LogP contribution is 2.37. The number of amides is 1. The Labute approximate surface area is 233 Å². The summed E-state index contributed by atoms with van der Waals surface area (Å²) in [4.78, 5) is 28.5. The van der Waals surface area contributed by atoms with E-state index in [2.05, 4.69) is 15.9 Å². The van der Waals surface area contributed by atoms with Gasteiger partial charge in [0.05, 0.1) is 19.9 Å². The van der Waals surface area contributed by atoms with Crippen molar-refractivity contribution in [1.29, 1.82) is 0 Å². The molecule has 1 amide bonds. The molecule has 1 fully saturated rings. The molecule has 0 aliphatic carbocycles. The fourth-order valence-corrected chi connectivity index (χ4v) is 4.58. The highest BCUT2D eigenvalue weighted by molar-refractivity contribution is 9.10. The summed E-state index contributed by atoms with van der Waals surface area (Å²) in [7, 11) is 2.82. The Balaban J connectivity index is 1.70. The monoisotopic (exact) mass is 600 g/mol. The van der Waals surface area contributed by atoms with Crippen molar-refractivity contribution >= 4 is 68.5 Å². The number of anilines is 1. The molecule has 37 heavy (non-hydrogen) atoms. The second-order valence-electron chi connectivity index (χ2n) is 7.89. The van der Waals surface area contributed by atoms with Gasteiger partial charge in [0, 0.05) is 9.50 Å². The first-order chi connectivity index (χ1) is 17.8. The molecule has 0 atom stereocenters. The van der Waals surface area contributed by atoms with Gasteiger partial charge >= 0.3 is 5.97 Å². The first-order valence-corrected chi connectivity index (χ1v) is 12.6. The van der Waals surface area contributed by atoms with Gasteiger partial charge in [-0.2, -0.15) is 0 Å². The quantitative estimate of drug-likeness (QED) is 0.183. The van der Waals surface area contributed by atoms with Crippen LogP contribution in [0.4, 0.5) is 5.69 Å². The summed E-state index contributed by atoms with van der Waals surface area (Å²) < 4.78 is 17.0. The summed E-state index contributed by atoms with van der Waals surface area (Å²) in [6, 6.07) is 20.0. The van der Waals surface area contributed by atoms with E-state index in [9.17, 15) is 9.59 Å². The number of hydrogen-bond donors (Lipinski definition) is 0. The van der Waals surface area contributed by atoms with E-state index in [0.29, 0.717) is 38.9 Å². The third-order valence-electron chi connectivity index (χ3n) is 5.55. The molecule has 7 nitrogen and oxygen atoms in total. The van der Waals surface area contributed by atoms with Crippen LogP contribution in [0, 0.1) is 0 Å². The molecular weight excluding hydrogens is 580 g/mol. The maximum absolute atomic E-state index is 13.6. The first-order valence-electron chi connectivity index (χ1n) is 11.1. The minimum atomic E-state index is -0.541. The minimum absolute atomic E-state index is 0.148. The van der Waals surface area contributed by atoms with Gasteiger partial charge in [-0.15, -0.1) is 0 Å². The number of carbonyl (C=O) groups excluding carboxylic acids is 2. The Hall–Kier alpha value is -3.40. The van der Waals surface area contributed by atoms with Gasteiger partial charge in [0.1, 0.15) is 18.8 Å². The first kappa shape index (κ1) is 26.7. The highest BCUT2D eigenvalue weighted by Gasteiger charge is 2.40. The number of carbonyl (C=O) groups is 2. The minimum Gasteiger partial charge on any atom is -0.493 e. The summed E-state index contributed by atoms with van der Waals surface area (Å²) in [5, 5.41) is 0.670. The lowest BCUT2D eigenvalue weighted by Gasteiger charge is -2.19. The molecule has 0 saturated carbocycles. The molecule has 0 N–H and O–H groups in total. The average Bonchev–Trinajstić information content (AvgIpc) is 3.13. The zero-order chi connectivity index (χ0) is 26.5. The van der Waals surface area contributed by atoms with E-state index < -0.39 is 11.9 Å². The van der Waals surface area contributed by atoms with Gasteiger partial charge in [0.2, 0.25) is 0 Å². The van der Waals surface area contributed by atoms with Gasteiger partial charge < -0.3 is 19.1 Å². The third-order valence-corrected chi connectivity index (χ3v) is 6.89. The fraction of sp³-hybridized carbons (Fsp3) is 0.148. The van der Waals surface area contributed by atoms with Crippen LogP contribution in [0.3, 0.4) is 0 Å². The van der Waals surface area contributed by atoms with Gasteiger partial charge in [-0.25, -0.2) is 0 Å². The zero-order valence-corrected chi connectivity index (χ0v) is 23.1. The Bertz CT molecular complexity index is 1370. The fourth-order valence-electron chi connectivity index (χ4n) is 3.66. The molecule has 10 heteroatoms. The van der Waals surface area contributed by atoms with Crippen LogP contribution in [0.5, 0.6) is 11.5 Å². The molecule has 1 saturated heterocycles. The SMILES string of the molecule is COC(=O)CN1C(=S)N(c2ccc(Cl)cc2)C(=O)/C1=C/c1cc(OC)c(OCc2ccccc2)cc1Br. The molecule has 0 aromatic heterocycles. The predicted octanol–water partition coefficient (Wildman–Crippen LogP) is 5.84. The standard InChI is InChI=1S/C27H22BrClN2O5S/c1-34-23-13-18(21(28)14-24(23)36-16-17-6-4-3-5-7-17)12-22-26(33)31(20-10-8-19(29)9-11-20)27(37)30(22)15-25(32)35-2/h3-14H,15-16H2,1-2H3/b22-12-. The summed E-state index contributed by atoms with van der Waals surface area (Å²) in [6.07, 6.45) is 1.64. The number of esters is 1. The lowest BCUT2D eigenvalue weighted by molar-refractivity contribution is -0.140. The Morgan fingerprint density at radius 2 is 1.76 bits per heavy atom. The van der Waals surface area contributed by atoms with Gasteiger partial charge in [-0.1, -0.05) is 57.9 Å². The van der Waals surface area contributed by atoms with Crippen molar-refractivity contribution in [3.63, 3.8) is 0 Å². The van der Waals surface area contributed by atoms with Gasteiger partial charge in [0.25, 0.3) is 5.91 Å². The van der Waals surface area contributed by atoms with E-state index in [4.69, 9.17) is 38.0 Å². The molecule has 3 aromatic rings. The van der Waals surface area contributed by atoms with Gasteiger partial charge in [-0.05, 0) is 65.8 Å². The van der Waals surface area contributed by atoms with Crippen molar-refractivity contribution in [2.45, 2.75) is 6.61 Å². The highest BCUT2D eigenvalue weighted by atomic mass is 79.9.